The third-order valence-electron chi connectivity index (χ3n) is 6.16. The van der Waals surface area contributed by atoms with Gasteiger partial charge in [-0.3, -0.25) is 14.5 Å². The van der Waals surface area contributed by atoms with E-state index >= 15 is 0 Å². The van der Waals surface area contributed by atoms with E-state index in [1.165, 1.54) is 0 Å². The van der Waals surface area contributed by atoms with Crippen LogP contribution in [0.15, 0.2) is 18.2 Å². The number of alkyl carbamates (subject to hydrolysis) is 1. The fraction of sp³-hybridized carbons (Fsp3) is 0.607. The van der Waals surface area contributed by atoms with Gasteiger partial charge >= 0.3 is 6.09 Å². The van der Waals surface area contributed by atoms with Gasteiger partial charge in [-0.1, -0.05) is 63.3 Å². The van der Waals surface area contributed by atoms with Crippen LogP contribution in [0, 0.1) is 32.2 Å². The third-order valence-corrected chi connectivity index (χ3v) is 6.16. The summed E-state index contributed by atoms with van der Waals surface area (Å²) in [6.45, 7) is 12.7. The molecule has 0 radical (unpaired) electrons. The van der Waals surface area contributed by atoms with Crippen molar-refractivity contribution in [2.45, 2.75) is 104 Å². The SMILES string of the molecule is C#CN(C(=O)C(NC(=O)OC(C)(C)C)C(C)C)C(C(=O)NC1CCCCC1)c1ccc(C)cc1C. The zero-order chi connectivity index (χ0) is 26.3. The standard InChI is InChI=1S/C28H41N3O4/c1-9-31(26(33)23(18(2)3)30-27(34)35-28(6,7)8)24(22-16-15-19(4)17-20(22)5)25(32)29-21-13-11-10-12-14-21/h1,15-18,21,23-24H,10-14H2,2-8H3,(H,29,32)(H,30,34). The van der Waals surface area contributed by atoms with E-state index in [0.717, 1.165) is 48.1 Å². The monoisotopic (exact) mass is 483 g/mol. The van der Waals surface area contributed by atoms with E-state index in [-0.39, 0.29) is 17.9 Å². The van der Waals surface area contributed by atoms with Gasteiger partial charge < -0.3 is 15.4 Å². The average Bonchev–Trinajstić information content (AvgIpc) is 2.75. The Morgan fingerprint density at radius 2 is 1.74 bits per heavy atom. The Balaban J connectivity index is 2.42. The topological polar surface area (TPSA) is 87.7 Å². The number of carbonyl (C=O) groups excluding carboxylic acids is 3. The summed E-state index contributed by atoms with van der Waals surface area (Å²) in [5, 5.41) is 5.79. The predicted octanol–water partition coefficient (Wildman–Crippen LogP) is 4.76. The van der Waals surface area contributed by atoms with Crippen LogP contribution in [0.3, 0.4) is 0 Å². The molecule has 0 aliphatic heterocycles. The van der Waals surface area contributed by atoms with Crippen molar-refractivity contribution in [2.24, 2.45) is 5.92 Å². The molecule has 2 atom stereocenters. The van der Waals surface area contributed by atoms with Crippen LogP contribution in [0.4, 0.5) is 4.79 Å². The largest absolute Gasteiger partial charge is 0.444 e. The number of aryl methyl sites for hydroxylation is 2. The van der Waals surface area contributed by atoms with Crippen LogP contribution in [-0.4, -0.2) is 40.5 Å². The van der Waals surface area contributed by atoms with E-state index < -0.39 is 29.7 Å². The minimum atomic E-state index is -1.02. The maximum Gasteiger partial charge on any atom is 0.408 e. The lowest BCUT2D eigenvalue weighted by atomic mass is 9.93. The Morgan fingerprint density at radius 3 is 2.26 bits per heavy atom. The Hall–Kier alpha value is -3.01. The molecular weight excluding hydrogens is 442 g/mol. The highest BCUT2D eigenvalue weighted by molar-refractivity contribution is 5.93. The number of terminal acetylenes is 1. The summed E-state index contributed by atoms with van der Waals surface area (Å²) in [6.07, 6.45) is 10.3. The lowest BCUT2D eigenvalue weighted by molar-refractivity contribution is -0.139. The van der Waals surface area contributed by atoms with Crippen LogP contribution in [0.2, 0.25) is 0 Å². The maximum atomic E-state index is 13.7. The van der Waals surface area contributed by atoms with E-state index in [4.69, 9.17) is 11.2 Å². The first-order chi connectivity index (χ1) is 16.3. The van der Waals surface area contributed by atoms with E-state index in [1.807, 2.05) is 45.9 Å². The fourth-order valence-electron chi connectivity index (χ4n) is 4.42. The third kappa shape index (κ3) is 8.02. The smallest absolute Gasteiger partial charge is 0.408 e. The van der Waals surface area contributed by atoms with Crippen molar-refractivity contribution in [2.75, 3.05) is 0 Å². The summed E-state index contributed by atoms with van der Waals surface area (Å²) in [5.41, 5.74) is 1.85. The number of carbonyl (C=O) groups is 3. The zero-order valence-electron chi connectivity index (χ0n) is 22.2. The molecular formula is C28H41N3O4. The Morgan fingerprint density at radius 1 is 1.11 bits per heavy atom. The molecule has 0 saturated heterocycles. The first-order valence-electron chi connectivity index (χ1n) is 12.5. The average molecular weight is 484 g/mol. The summed E-state index contributed by atoms with van der Waals surface area (Å²) >= 11 is 0. The van der Waals surface area contributed by atoms with Crippen LogP contribution in [-0.2, 0) is 14.3 Å². The minimum absolute atomic E-state index is 0.0556. The van der Waals surface area contributed by atoms with Crippen molar-refractivity contribution < 1.29 is 19.1 Å². The molecule has 1 aliphatic carbocycles. The lowest BCUT2D eigenvalue weighted by Crippen LogP contribution is -2.54. The summed E-state index contributed by atoms with van der Waals surface area (Å²) in [5.74, 6) is -1.13. The van der Waals surface area contributed by atoms with Gasteiger partial charge in [-0.05, 0) is 64.5 Å². The quantitative estimate of drug-likeness (QED) is 0.432. The molecule has 1 aliphatic rings. The van der Waals surface area contributed by atoms with Gasteiger partial charge in [0.15, 0.2) is 0 Å². The molecule has 7 heteroatoms. The van der Waals surface area contributed by atoms with E-state index in [9.17, 15) is 14.4 Å². The van der Waals surface area contributed by atoms with Crippen molar-refractivity contribution in [3.8, 4) is 12.5 Å². The van der Waals surface area contributed by atoms with Crippen LogP contribution in [0.25, 0.3) is 0 Å². The highest BCUT2D eigenvalue weighted by atomic mass is 16.6. The summed E-state index contributed by atoms with van der Waals surface area (Å²) < 4.78 is 5.36. The molecule has 1 saturated carbocycles. The Bertz CT molecular complexity index is 952. The highest BCUT2D eigenvalue weighted by Gasteiger charge is 2.38. The lowest BCUT2D eigenvalue weighted by Gasteiger charge is -2.33. The molecule has 3 amide bonds. The van der Waals surface area contributed by atoms with Crippen molar-refractivity contribution in [3.05, 3.63) is 34.9 Å². The van der Waals surface area contributed by atoms with Crippen molar-refractivity contribution >= 4 is 17.9 Å². The number of hydrogen-bond donors (Lipinski definition) is 2. The minimum Gasteiger partial charge on any atom is -0.444 e. The summed E-state index contributed by atoms with van der Waals surface area (Å²) in [6, 6.07) is 6.24. The maximum absolute atomic E-state index is 13.7. The van der Waals surface area contributed by atoms with Crippen LogP contribution >= 0.6 is 0 Å². The van der Waals surface area contributed by atoms with Gasteiger partial charge in [0, 0.05) is 12.1 Å². The number of rotatable bonds is 7. The zero-order valence-corrected chi connectivity index (χ0v) is 22.2. The van der Waals surface area contributed by atoms with Crippen LogP contribution < -0.4 is 10.6 Å². The molecule has 2 rings (SSSR count). The fourth-order valence-corrected chi connectivity index (χ4v) is 4.42. The Labute approximate surface area is 210 Å². The molecule has 0 aromatic heterocycles. The molecule has 0 heterocycles. The molecule has 2 unspecified atom stereocenters. The van der Waals surface area contributed by atoms with Gasteiger partial charge in [0.05, 0.1) is 0 Å². The molecule has 2 N–H and O–H groups in total. The van der Waals surface area contributed by atoms with Gasteiger partial charge in [-0.15, -0.1) is 0 Å². The highest BCUT2D eigenvalue weighted by Crippen LogP contribution is 2.28. The van der Waals surface area contributed by atoms with Gasteiger partial charge in [-0.25, -0.2) is 4.79 Å². The van der Waals surface area contributed by atoms with Crippen molar-refractivity contribution in [1.29, 1.82) is 0 Å². The second kappa shape index (κ2) is 12.1. The first-order valence-corrected chi connectivity index (χ1v) is 12.5. The second-order valence-corrected chi connectivity index (χ2v) is 10.8. The van der Waals surface area contributed by atoms with Gasteiger partial charge in [0.25, 0.3) is 5.91 Å². The van der Waals surface area contributed by atoms with Crippen molar-refractivity contribution in [1.82, 2.24) is 15.5 Å². The van der Waals surface area contributed by atoms with Gasteiger partial charge in [-0.2, -0.15) is 0 Å². The molecule has 1 aromatic carbocycles. The van der Waals surface area contributed by atoms with Gasteiger partial charge in [0.2, 0.25) is 5.91 Å². The second-order valence-electron chi connectivity index (χ2n) is 10.8. The van der Waals surface area contributed by atoms with E-state index in [0.29, 0.717) is 5.56 Å². The number of nitrogens with one attached hydrogen (secondary N) is 2. The molecule has 0 bridgehead atoms. The molecule has 192 valence electrons. The van der Waals surface area contributed by atoms with E-state index in [2.05, 4.69) is 16.7 Å². The van der Waals surface area contributed by atoms with Crippen LogP contribution in [0.1, 0.15) is 89.5 Å². The molecule has 7 nitrogen and oxygen atoms in total. The van der Waals surface area contributed by atoms with Crippen molar-refractivity contribution in [3.63, 3.8) is 0 Å². The number of nitrogens with zero attached hydrogens (tertiary/aromatic N) is 1. The molecule has 35 heavy (non-hydrogen) atoms. The predicted molar refractivity (Wildman–Crippen MR) is 137 cm³/mol. The van der Waals surface area contributed by atoms with E-state index in [1.54, 1.807) is 20.8 Å². The van der Waals surface area contributed by atoms with Gasteiger partial charge in [0.1, 0.15) is 17.7 Å². The molecule has 1 aromatic rings. The first kappa shape index (κ1) is 28.2. The normalized spacial score (nSPS) is 16.1. The summed E-state index contributed by atoms with van der Waals surface area (Å²) in [4.78, 5) is 41.0. The number of hydrogen-bond acceptors (Lipinski definition) is 4. The number of amides is 3. The number of benzene rings is 1. The van der Waals surface area contributed by atoms with Crippen LogP contribution in [0.5, 0.6) is 0 Å². The molecule has 0 spiro atoms. The summed E-state index contributed by atoms with van der Waals surface area (Å²) in [7, 11) is 0. The molecule has 1 fully saturated rings. The Kier molecular flexibility index (Phi) is 9.76. The number of ether oxygens (including phenoxy) is 1.